The van der Waals surface area contributed by atoms with Gasteiger partial charge in [-0.2, -0.15) is 0 Å². The zero-order chi connectivity index (χ0) is 23.7. The Bertz CT molecular complexity index is 1150. The Balaban J connectivity index is 1.49. The maximum absolute atomic E-state index is 13.7. The predicted molar refractivity (Wildman–Crippen MR) is 122 cm³/mol. The van der Waals surface area contributed by atoms with Crippen molar-refractivity contribution >= 4 is 35.1 Å². The van der Waals surface area contributed by atoms with E-state index in [1.165, 1.54) is 18.2 Å². The van der Waals surface area contributed by atoms with Gasteiger partial charge in [-0.1, -0.05) is 0 Å². The molecule has 2 aliphatic rings. The standard InChI is InChI=1S/C24H27FN4O4/c1-13-19(11-17-16-10-15(25)6-7-18(16)28-22(17)31)27-14(2)21(13)23(32)26-12-20(30)24(33)29-8-4-3-5-9-29/h6-7,10-11,20,27,30H,3-5,8-9,12H2,1-2H3,(H,26,32)(H,28,31)/b17-11-/t20-/m1/s1. The van der Waals surface area contributed by atoms with Gasteiger partial charge in [0.1, 0.15) is 11.9 Å². The fraction of sp³-hybridized carbons (Fsp3) is 0.375. The Morgan fingerprint density at radius 2 is 1.97 bits per heavy atom. The number of hydrogen-bond donors (Lipinski definition) is 4. The van der Waals surface area contributed by atoms with Crippen LogP contribution < -0.4 is 10.6 Å². The van der Waals surface area contributed by atoms with Crippen LogP contribution >= 0.6 is 0 Å². The van der Waals surface area contributed by atoms with Crippen molar-refractivity contribution in [2.45, 2.75) is 39.2 Å². The third kappa shape index (κ3) is 4.54. The molecule has 2 aliphatic heterocycles. The molecule has 0 saturated carbocycles. The van der Waals surface area contributed by atoms with E-state index in [9.17, 15) is 23.9 Å². The fourth-order valence-electron chi connectivity index (χ4n) is 4.40. The molecule has 33 heavy (non-hydrogen) atoms. The van der Waals surface area contributed by atoms with Crippen LogP contribution in [0.4, 0.5) is 10.1 Å². The first-order valence-electron chi connectivity index (χ1n) is 11.0. The monoisotopic (exact) mass is 454 g/mol. The maximum atomic E-state index is 13.7. The van der Waals surface area contributed by atoms with Crippen molar-refractivity contribution in [3.8, 4) is 0 Å². The molecule has 174 valence electrons. The van der Waals surface area contributed by atoms with Crippen LogP contribution in [-0.2, 0) is 9.59 Å². The second kappa shape index (κ2) is 9.19. The summed E-state index contributed by atoms with van der Waals surface area (Å²) in [5.74, 6) is -1.61. The number of piperidine rings is 1. The van der Waals surface area contributed by atoms with Crippen molar-refractivity contribution in [2.75, 3.05) is 25.0 Å². The highest BCUT2D eigenvalue weighted by Crippen LogP contribution is 2.34. The number of nitrogens with one attached hydrogen (secondary N) is 3. The van der Waals surface area contributed by atoms with E-state index >= 15 is 0 Å². The lowest BCUT2D eigenvalue weighted by molar-refractivity contribution is -0.140. The van der Waals surface area contributed by atoms with E-state index in [0.717, 1.165) is 19.3 Å². The second-order valence-corrected chi connectivity index (χ2v) is 8.48. The lowest BCUT2D eigenvalue weighted by Crippen LogP contribution is -2.46. The molecule has 1 aromatic heterocycles. The van der Waals surface area contributed by atoms with E-state index in [0.29, 0.717) is 52.4 Å². The number of benzene rings is 1. The number of aliphatic hydroxyl groups excluding tert-OH is 1. The van der Waals surface area contributed by atoms with Gasteiger partial charge in [0.2, 0.25) is 0 Å². The Morgan fingerprint density at radius 3 is 2.70 bits per heavy atom. The molecule has 0 bridgehead atoms. The zero-order valence-electron chi connectivity index (χ0n) is 18.6. The second-order valence-electron chi connectivity index (χ2n) is 8.48. The lowest BCUT2D eigenvalue weighted by Gasteiger charge is -2.28. The van der Waals surface area contributed by atoms with E-state index in [1.54, 1.807) is 24.8 Å². The van der Waals surface area contributed by atoms with E-state index in [4.69, 9.17) is 0 Å². The summed E-state index contributed by atoms with van der Waals surface area (Å²) < 4.78 is 13.7. The first-order valence-corrected chi connectivity index (χ1v) is 11.0. The Morgan fingerprint density at radius 1 is 1.24 bits per heavy atom. The number of anilines is 1. The largest absolute Gasteiger partial charge is 0.381 e. The number of rotatable bonds is 5. The van der Waals surface area contributed by atoms with Gasteiger partial charge >= 0.3 is 0 Å². The van der Waals surface area contributed by atoms with Crippen molar-refractivity contribution in [1.29, 1.82) is 0 Å². The summed E-state index contributed by atoms with van der Waals surface area (Å²) in [6, 6.07) is 4.07. The predicted octanol–water partition coefficient (Wildman–Crippen LogP) is 2.37. The molecule has 1 aromatic carbocycles. The van der Waals surface area contributed by atoms with Crippen LogP contribution in [-0.4, -0.2) is 58.5 Å². The van der Waals surface area contributed by atoms with Gasteiger partial charge in [0, 0.05) is 35.7 Å². The molecule has 1 fully saturated rings. The summed E-state index contributed by atoms with van der Waals surface area (Å²) >= 11 is 0. The Kier molecular flexibility index (Phi) is 6.33. The highest BCUT2D eigenvalue weighted by Gasteiger charge is 2.27. The maximum Gasteiger partial charge on any atom is 0.256 e. The van der Waals surface area contributed by atoms with Gasteiger partial charge in [-0.25, -0.2) is 4.39 Å². The zero-order valence-corrected chi connectivity index (χ0v) is 18.6. The number of amides is 3. The molecule has 4 rings (SSSR count). The van der Waals surface area contributed by atoms with Crippen molar-refractivity contribution in [2.24, 2.45) is 0 Å². The molecule has 9 heteroatoms. The molecule has 0 unspecified atom stereocenters. The van der Waals surface area contributed by atoms with Gasteiger partial charge < -0.3 is 25.6 Å². The highest BCUT2D eigenvalue weighted by atomic mass is 19.1. The number of aromatic nitrogens is 1. The molecule has 8 nitrogen and oxygen atoms in total. The molecule has 1 saturated heterocycles. The van der Waals surface area contributed by atoms with Crippen molar-refractivity contribution in [3.63, 3.8) is 0 Å². The highest BCUT2D eigenvalue weighted by molar-refractivity contribution is 6.34. The molecule has 3 heterocycles. The van der Waals surface area contributed by atoms with E-state index in [-0.39, 0.29) is 18.4 Å². The molecular weight excluding hydrogens is 427 g/mol. The van der Waals surface area contributed by atoms with Gasteiger partial charge in [-0.05, 0) is 62.9 Å². The van der Waals surface area contributed by atoms with Crippen LogP contribution in [0.2, 0.25) is 0 Å². The number of aromatic amines is 1. The number of nitrogens with zero attached hydrogens (tertiary/aromatic N) is 1. The summed E-state index contributed by atoms with van der Waals surface area (Å²) in [6.07, 6.45) is 3.19. The number of H-pyrrole nitrogens is 1. The number of halogens is 1. The number of aryl methyl sites for hydroxylation is 1. The van der Waals surface area contributed by atoms with E-state index in [2.05, 4.69) is 15.6 Å². The minimum atomic E-state index is -1.30. The summed E-state index contributed by atoms with van der Waals surface area (Å²) in [4.78, 5) is 42.3. The van der Waals surface area contributed by atoms with Gasteiger partial charge in [0.05, 0.1) is 17.7 Å². The summed E-state index contributed by atoms with van der Waals surface area (Å²) in [5, 5.41) is 15.6. The topological polar surface area (TPSA) is 115 Å². The van der Waals surface area contributed by atoms with Crippen LogP contribution in [0.3, 0.4) is 0 Å². The third-order valence-electron chi connectivity index (χ3n) is 6.17. The van der Waals surface area contributed by atoms with Crippen molar-refractivity contribution < 1.29 is 23.9 Å². The molecular formula is C24H27FN4O4. The summed E-state index contributed by atoms with van der Waals surface area (Å²) in [5.41, 5.74) is 3.38. The summed E-state index contributed by atoms with van der Waals surface area (Å²) in [7, 11) is 0. The minimum Gasteiger partial charge on any atom is -0.381 e. The molecule has 2 aromatic rings. The number of carbonyl (C=O) groups excluding carboxylic acids is 3. The van der Waals surface area contributed by atoms with Crippen LogP contribution in [0.5, 0.6) is 0 Å². The lowest BCUT2D eigenvalue weighted by atomic mass is 10.0. The first-order chi connectivity index (χ1) is 15.8. The SMILES string of the molecule is Cc1[nH]c(/C=C2\C(=O)Nc3ccc(F)cc32)c(C)c1C(=O)NC[C@@H](O)C(=O)N1CCCCC1. The Hall–Kier alpha value is -3.46. The fourth-order valence-corrected chi connectivity index (χ4v) is 4.40. The number of aliphatic hydroxyl groups is 1. The normalized spacial score (nSPS) is 17.6. The van der Waals surface area contributed by atoms with Gasteiger partial charge in [-0.15, -0.1) is 0 Å². The average molecular weight is 455 g/mol. The van der Waals surface area contributed by atoms with Gasteiger partial charge in [-0.3, -0.25) is 14.4 Å². The van der Waals surface area contributed by atoms with Gasteiger partial charge in [0.25, 0.3) is 17.7 Å². The minimum absolute atomic E-state index is 0.191. The molecule has 0 radical (unpaired) electrons. The molecule has 1 atom stereocenters. The van der Waals surface area contributed by atoms with Crippen molar-refractivity contribution in [1.82, 2.24) is 15.2 Å². The van der Waals surface area contributed by atoms with E-state index < -0.39 is 17.8 Å². The van der Waals surface area contributed by atoms with Crippen LogP contribution in [0.1, 0.15) is 52.1 Å². The number of likely N-dealkylation sites (tertiary alicyclic amines) is 1. The molecule has 4 N–H and O–H groups in total. The number of fused-ring (bicyclic) bond motifs is 1. The molecule has 0 aliphatic carbocycles. The number of hydrogen-bond acceptors (Lipinski definition) is 4. The van der Waals surface area contributed by atoms with Crippen LogP contribution in [0.25, 0.3) is 11.6 Å². The first kappa shape index (κ1) is 22.7. The Labute approximate surface area is 190 Å². The third-order valence-corrected chi connectivity index (χ3v) is 6.17. The van der Waals surface area contributed by atoms with Gasteiger partial charge in [0.15, 0.2) is 0 Å². The number of carbonyl (C=O) groups is 3. The van der Waals surface area contributed by atoms with Crippen LogP contribution in [0.15, 0.2) is 18.2 Å². The van der Waals surface area contributed by atoms with E-state index in [1.807, 2.05) is 0 Å². The summed E-state index contributed by atoms with van der Waals surface area (Å²) in [6.45, 7) is 4.52. The molecule has 3 amide bonds. The van der Waals surface area contributed by atoms with Crippen molar-refractivity contribution in [3.05, 3.63) is 52.1 Å². The smallest absolute Gasteiger partial charge is 0.256 e. The quantitative estimate of drug-likeness (QED) is 0.519. The van der Waals surface area contributed by atoms with Crippen LogP contribution in [0, 0.1) is 19.7 Å². The molecule has 0 spiro atoms. The average Bonchev–Trinajstić information content (AvgIpc) is 3.26.